The van der Waals surface area contributed by atoms with Gasteiger partial charge in [-0.1, -0.05) is 20.8 Å². The topological polar surface area (TPSA) is 88.5 Å². The van der Waals surface area contributed by atoms with Gasteiger partial charge in [-0.05, 0) is 0 Å². The summed E-state index contributed by atoms with van der Waals surface area (Å²) in [4.78, 5) is 20.4. The molecule has 2 rings (SSSR count). The van der Waals surface area contributed by atoms with Crippen LogP contribution in [0.1, 0.15) is 20.8 Å². The second kappa shape index (κ2) is 8.46. The van der Waals surface area contributed by atoms with Gasteiger partial charge in [0.25, 0.3) is 0 Å². The third kappa shape index (κ3) is 6.56. The summed E-state index contributed by atoms with van der Waals surface area (Å²) >= 11 is 0. The Bertz CT molecular complexity index is 577. The van der Waals surface area contributed by atoms with Gasteiger partial charge in [0.1, 0.15) is 12.4 Å². The second-order valence-corrected chi connectivity index (χ2v) is 9.70. The van der Waals surface area contributed by atoms with Crippen molar-refractivity contribution in [2.75, 3.05) is 64.1 Å². The van der Waals surface area contributed by atoms with Gasteiger partial charge in [0.05, 0.1) is 24.7 Å². The number of sulfone groups is 1. The van der Waals surface area contributed by atoms with E-state index in [2.05, 4.69) is 9.89 Å². The maximum absolute atomic E-state index is 12.1. The molecular weight excluding hydrogens is 346 g/mol. The van der Waals surface area contributed by atoms with E-state index in [9.17, 15) is 13.2 Å². The Kier molecular flexibility index (Phi) is 6.81. The molecular formula is C16H29N3O5S. The minimum atomic E-state index is -2.89. The van der Waals surface area contributed by atoms with Gasteiger partial charge in [-0.25, -0.2) is 13.2 Å². The molecule has 0 aliphatic carbocycles. The van der Waals surface area contributed by atoms with E-state index in [1.807, 2.05) is 25.7 Å². The molecule has 9 heteroatoms. The molecule has 2 saturated heterocycles. The summed E-state index contributed by atoms with van der Waals surface area (Å²) in [5.41, 5.74) is -0.266. The van der Waals surface area contributed by atoms with Crippen LogP contribution in [0.3, 0.4) is 0 Å². The lowest BCUT2D eigenvalue weighted by Crippen LogP contribution is -2.46. The smallest absolute Gasteiger partial charge is 0.435 e. The molecule has 8 nitrogen and oxygen atoms in total. The number of morpholine rings is 1. The van der Waals surface area contributed by atoms with E-state index in [1.165, 1.54) is 0 Å². The van der Waals surface area contributed by atoms with Gasteiger partial charge in [-0.15, -0.1) is 0 Å². The standard InChI is InChI=1S/C16H29N3O5S/c1-16(2,3)14(19-5-9-23-10-6-19)17-15(20)24-11-4-18-7-12-25(21,22)13-8-18/h4-13H2,1-3H3. The molecule has 0 aromatic rings. The average Bonchev–Trinajstić information content (AvgIpc) is 2.54. The molecule has 2 aliphatic heterocycles. The van der Waals surface area contributed by atoms with Crippen LogP contribution in [-0.2, 0) is 19.3 Å². The first-order valence-electron chi connectivity index (χ1n) is 8.69. The van der Waals surface area contributed by atoms with Crippen molar-refractivity contribution in [1.82, 2.24) is 9.80 Å². The third-order valence-corrected chi connectivity index (χ3v) is 5.86. The molecule has 0 radical (unpaired) electrons. The molecule has 2 fully saturated rings. The second-order valence-electron chi connectivity index (χ2n) is 7.39. The molecule has 144 valence electrons. The molecule has 1 amide bonds. The number of amidine groups is 1. The first kappa shape index (κ1) is 20.1. The van der Waals surface area contributed by atoms with Crippen LogP contribution < -0.4 is 0 Å². The predicted octanol–water partition coefficient (Wildman–Crippen LogP) is 0.630. The summed E-state index contributed by atoms with van der Waals surface area (Å²) in [7, 11) is -2.89. The molecule has 0 spiro atoms. The molecule has 0 aromatic heterocycles. The van der Waals surface area contributed by atoms with Crippen LogP contribution in [0, 0.1) is 5.41 Å². The first-order valence-corrected chi connectivity index (χ1v) is 10.5. The number of hydrogen-bond acceptors (Lipinski definition) is 6. The van der Waals surface area contributed by atoms with Gasteiger partial charge in [0, 0.05) is 38.1 Å². The fourth-order valence-electron chi connectivity index (χ4n) is 2.84. The molecule has 0 saturated carbocycles. The van der Waals surface area contributed by atoms with E-state index in [1.54, 1.807) is 0 Å². The molecule has 0 atom stereocenters. The Morgan fingerprint density at radius 1 is 1.12 bits per heavy atom. The van der Waals surface area contributed by atoms with Gasteiger partial charge in [0.2, 0.25) is 0 Å². The van der Waals surface area contributed by atoms with Crippen molar-refractivity contribution in [2.45, 2.75) is 20.8 Å². The fourth-order valence-corrected chi connectivity index (χ4v) is 4.12. The number of carbonyl (C=O) groups is 1. The SMILES string of the molecule is CC(C)(C)C(=NC(=O)OCCN1CCS(=O)(=O)CC1)N1CCOCC1. The van der Waals surface area contributed by atoms with Gasteiger partial charge >= 0.3 is 6.09 Å². The zero-order chi connectivity index (χ0) is 18.5. The molecule has 0 aromatic carbocycles. The number of carbonyl (C=O) groups excluding carboxylic acids is 1. The number of aliphatic imine (C=N–C) groups is 1. The number of amides is 1. The van der Waals surface area contributed by atoms with E-state index >= 15 is 0 Å². The minimum absolute atomic E-state index is 0.171. The predicted molar refractivity (Wildman–Crippen MR) is 95.7 cm³/mol. The minimum Gasteiger partial charge on any atom is -0.447 e. The third-order valence-electron chi connectivity index (χ3n) is 4.25. The highest BCUT2D eigenvalue weighted by atomic mass is 32.2. The van der Waals surface area contributed by atoms with Crippen LogP contribution in [0.5, 0.6) is 0 Å². The fraction of sp³-hybridized carbons (Fsp3) is 0.875. The van der Waals surface area contributed by atoms with Crippen molar-refractivity contribution < 1.29 is 22.7 Å². The monoisotopic (exact) mass is 375 g/mol. The molecule has 2 aliphatic rings. The first-order chi connectivity index (χ1) is 11.7. The highest BCUT2D eigenvalue weighted by molar-refractivity contribution is 7.91. The Hall–Kier alpha value is -1.19. The number of hydrogen-bond donors (Lipinski definition) is 0. The van der Waals surface area contributed by atoms with Gasteiger partial charge in [-0.2, -0.15) is 4.99 Å². The van der Waals surface area contributed by atoms with Crippen LogP contribution in [0.25, 0.3) is 0 Å². The van der Waals surface area contributed by atoms with Gasteiger partial charge < -0.3 is 14.4 Å². The Balaban J connectivity index is 1.84. The lowest BCUT2D eigenvalue weighted by Gasteiger charge is -2.35. The lowest BCUT2D eigenvalue weighted by atomic mass is 9.93. The van der Waals surface area contributed by atoms with Crippen LogP contribution in [0.2, 0.25) is 0 Å². The van der Waals surface area contributed by atoms with Crippen molar-refractivity contribution in [1.29, 1.82) is 0 Å². The summed E-state index contributed by atoms with van der Waals surface area (Å²) in [6, 6.07) is 0. The zero-order valence-electron chi connectivity index (χ0n) is 15.4. The Morgan fingerprint density at radius 3 is 2.28 bits per heavy atom. The Labute approximate surface area is 150 Å². The zero-order valence-corrected chi connectivity index (χ0v) is 16.2. The maximum Gasteiger partial charge on any atom is 0.435 e. The normalized spacial score (nSPS) is 22.7. The van der Waals surface area contributed by atoms with Crippen molar-refractivity contribution >= 4 is 21.8 Å². The largest absolute Gasteiger partial charge is 0.447 e. The Morgan fingerprint density at radius 2 is 1.72 bits per heavy atom. The van der Waals surface area contributed by atoms with E-state index in [0.29, 0.717) is 51.8 Å². The van der Waals surface area contributed by atoms with Crippen LogP contribution >= 0.6 is 0 Å². The van der Waals surface area contributed by atoms with Crippen LogP contribution in [-0.4, -0.2) is 94.2 Å². The summed E-state index contributed by atoms with van der Waals surface area (Å²) < 4.78 is 33.4. The quantitative estimate of drug-likeness (QED) is 0.528. The van der Waals surface area contributed by atoms with E-state index in [0.717, 1.165) is 0 Å². The van der Waals surface area contributed by atoms with Crippen LogP contribution in [0.4, 0.5) is 4.79 Å². The van der Waals surface area contributed by atoms with Crippen molar-refractivity contribution in [3.8, 4) is 0 Å². The molecule has 25 heavy (non-hydrogen) atoms. The lowest BCUT2D eigenvalue weighted by molar-refractivity contribution is 0.0641. The van der Waals surface area contributed by atoms with E-state index in [4.69, 9.17) is 9.47 Å². The molecule has 2 heterocycles. The van der Waals surface area contributed by atoms with Crippen molar-refractivity contribution in [3.63, 3.8) is 0 Å². The number of rotatable bonds is 3. The maximum atomic E-state index is 12.1. The summed E-state index contributed by atoms with van der Waals surface area (Å²) in [6.07, 6.45) is -0.596. The highest BCUT2D eigenvalue weighted by Crippen LogP contribution is 2.20. The van der Waals surface area contributed by atoms with Crippen molar-refractivity contribution in [3.05, 3.63) is 0 Å². The number of ether oxygens (including phenoxy) is 2. The van der Waals surface area contributed by atoms with Gasteiger partial charge in [0.15, 0.2) is 9.84 Å². The molecule has 0 bridgehead atoms. The molecule has 0 unspecified atom stereocenters. The van der Waals surface area contributed by atoms with Gasteiger partial charge in [-0.3, -0.25) is 4.90 Å². The summed E-state index contributed by atoms with van der Waals surface area (Å²) in [6.45, 7) is 10.5. The van der Waals surface area contributed by atoms with E-state index in [-0.39, 0.29) is 23.5 Å². The van der Waals surface area contributed by atoms with Crippen LogP contribution in [0.15, 0.2) is 4.99 Å². The van der Waals surface area contributed by atoms with Crippen molar-refractivity contribution in [2.24, 2.45) is 10.4 Å². The summed E-state index contributed by atoms with van der Waals surface area (Å²) in [5.74, 6) is 1.05. The summed E-state index contributed by atoms with van der Waals surface area (Å²) in [5, 5.41) is 0. The molecule has 0 N–H and O–H groups in total. The highest BCUT2D eigenvalue weighted by Gasteiger charge is 2.28. The van der Waals surface area contributed by atoms with E-state index < -0.39 is 15.9 Å². The average molecular weight is 375 g/mol. The number of nitrogens with zero attached hydrogens (tertiary/aromatic N) is 3.